The summed E-state index contributed by atoms with van der Waals surface area (Å²) in [7, 11) is 0. The molecule has 0 heterocycles. The number of carbonyl (C=O) groups excluding carboxylic acids is 1. The SMILES string of the molecule is NCCC(=O)Nc1c(Cl)cccc1C(=O)O. The molecule has 0 fully saturated rings. The average molecular weight is 243 g/mol. The Kier molecular flexibility index (Phi) is 4.28. The van der Waals surface area contributed by atoms with E-state index in [-0.39, 0.29) is 35.1 Å². The first-order valence-electron chi connectivity index (χ1n) is 4.58. The Morgan fingerprint density at radius 3 is 2.69 bits per heavy atom. The van der Waals surface area contributed by atoms with Crippen molar-refractivity contribution in [3.05, 3.63) is 28.8 Å². The van der Waals surface area contributed by atoms with Crippen molar-refractivity contribution in [3.63, 3.8) is 0 Å². The van der Waals surface area contributed by atoms with Gasteiger partial charge in [-0.25, -0.2) is 4.79 Å². The molecule has 1 aromatic carbocycles. The van der Waals surface area contributed by atoms with Crippen molar-refractivity contribution in [2.24, 2.45) is 5.73 Å². The van der Waals surface area contributed by atoms with Crippen molar-refractivity contribution in [2.45, 2.75) is 6.42 Å². The van der Waals surface area contributed by atoms with Gasteiger partial charge in [0.1, 0.15) is 0 Å². The van der Waals surface area contributed by atoms with Gasteiger partial charge < -0.3 is 16.2 Å². The second-order valence-electron chi connectivity index (χ2n) is 3.05. The molecule has 4 N–H and O–H groups in total. The Hall–Kier alpha value is -1.59. The van der Waals surface area contributed by atoms with Crippen molar-refractivity contribution < 1.29 is 14.7 Å². The predicted octanol–water partition coefficient (Wildman–Crippen LogP) is 1.33. The van der Waals surface area contributed by atoms with Crippen LogP contribution in [0.3, 0.4) is 0 Å². The first kappa shape index (κ1) is 12.5. The lowest BCUT2D eigenvalue weighted by Crippen LogP contribution is -2.18. The summed E-state index contributed by atoms with van der Waals surface area (Å²) in [5, 5.41) is 11.5. The van der Waals surface area contributed by atoms with Gasteiger partial charge in [-0.1, -0.05) is 17.7 Å². The highest BCUT2D eigenvalue weighted by atomic mass is 35.5. The lowest BCUT2D eigenvalue weighted by molar-refractivity contribution is -0.116. The van der Waals surface area contributed by atoms with Crippen LogP contribution in [0.15, 0.2) is 18.2 Å². The molecule has 0 aliphatic carbocycles. The summed E-state index contributed by atoms with van der Waals surface area (Å²) in [5.74, 6) is -1.51. The van der Waals surface area contributed by atoms with Crippen molar-refractivity contribution in [3.8, 4) is 0 Å². The molecule has 1 amide bonds. The van der Waals surface area contributed by atoms with Crippen LogP contribution >= 0.6 is 11.6 Å². The fourth-order valence-electron chi connectivity index (χ4n) is 1.16. The molecular formula is C10H11ClN2O3. The molecule has 0 bridgehead atoms. The van der Waals surface area contributed by atoms with E-state index in [0.29, 0.717) is 0 Å². The molecule has 0 radical (unpaired) electrons. The fraction of sp³-hybridized carbons (Fsp3) is 0.200. The summed E-state index contributed by atoms with van der Waals surface area (Å²) in [5.41, 5.74) is 5.27. The summed E-state index contributed by atoms with van der Waals surface area (Å²) in [4.78, 5) is 22.2. The van der Waals surface area contributed by atoms with Crippen LogP contribution in [-0.4, -0.2) is 23.5 Å². The van der Waals surface area contributed by atoms with Crippen molar-refractivity contribution in [1.82, 2.24) is 0 Å². The molecule has 0 aliphatic heterocycles. The summed E-state index contributed by atoms with van der Waals surface area (Å²) in [6, 6.07) is 4.38. The second kappa shape index (κ2) is 5.48. The number of anilines is 1. The monoisotopic (exact) mass is 242 g/mol. The Bertz CT molecular complexity index is 421. The molecule has 0 saturated carbocycles. The molecular weight excluding hydrogens is 232 g/mol. The maximum absolute atomic E-state index is 11.3. The number of rotatable bonds is 4. The highest BCUT2D eigenvalue weighted by Crippen LogP contribution is 2.26. The number of nitrogens with one attached hydrogen (secondary N) is 1. The van der Waals surface area contributed by atoms with E-state index in [0.717, 1.165) is 0 Å². The van der Waals surface area contributed by atoms with Gasteiger partial charge in [-0.3, -0.25) is 4.79 Å². The van der Waals surface area contributed by atoms with E-state index in [1.807, 2.05) is 0 Å². The molecule has 5 nitrogen and oxygen atoms in total. The van der Waals surface area contributed by atoms with Crippen LogP contribution in [0.1, 0.15) is 16.8 Å². The average Bonchev–Trinajstić information content (AvgIpc) is 2.21. The zero-order chi connectivity index (χ0) is 12.1. The predicted molar refractivity (Wildman–Crippen MR) is 60.7 cm³/mol. The first-order chi connectivity index (χ1) is 7.56. The van der Waals surface area contributed by atoms with Crippen LogP contribution in [0.4, 0.5) is 5.69 Å². The summed E-state index contributed by atoms with van der Waals surface area (Å²) < 4.78 is 0. The van der Waals surface area contributed by atoms with Crippen LogP contribution in [0.2, 0.25) is 5.02 Å². The number of halogens is 1. The number of para-hydroxylation sites is 1. The zero-order valence-electron chi connectivity index (χ0n) is 8.37. The molecule has 1 rings (SSSR count). The Balaban J connectivity index is 3.01. The third-order valence-electron chi connectivity index (χ3n) is 1.88. The van der Waals surface area contributed by atoms with E-state index >= 15 is 0 Å². The molecule has 16 heavy (non-hydrogen) atoms. The fourth-order valence-corrected chi connectivity index (χ4v) is 1.38. The van der Waals surface area contributed by atoms with E-state index in [1.54, 1.807) is 0 Å². The normalized spacial score (nSPS) is 9.88. The molecule has 0 aliphatic rings. The third-order valence-corrected chi connectivity index (χ3v) is 2.19. The molecule has 1 aromatic rings. The van der Waals surface area contributed by atoms with Crippen LogP contribution in [0.25, 0.3) is 0 Å². The maximum Gasteiger partial charge on any atom is 0.337 e. The summed E-state index contributed by atoms with van der Waals surface area (Å²) in [6.07, 6.45) is 0.115. The molecule has 0 spiro atoms. The number of hydrogen-bond donors (Lipinski definition) is 3. The number of hydrogen-bond acceptors (Lipinski definition) is 3. The molecule has 0 atom stereocenters. The van der Waals surface area contributed by atoms with Gasteiger partial charge in [0, 0.05) is 13.0 Å². The van der Waals surface area contributed by atoms with Gasteiger partial charge in [-0.05, 0) is 12.1 Å². The molecule has 0 unspecified atom stereocenters. The standard InChI is InChI=1S/C10H11ClN2O3/c11-7-3-1-2-6(10(15)16)9(7)13-8(14)4-5-12/h1-3H,4-5,12H2,(H,13,14)(H,15,16). The Labute approximate surface area is 97.2 Å². The smallest absolute Gasteiger partial charge is 0.337 e. The summed E-state index contributed by atoms with van der Waals surface area (Å²) in [6.45, 7) is 0.193. The van der Waals surface area contributed by atoms with Gasteiger partial charge in [0.2, 0.25) is 5.91 Å². The number of nitrogens with two attached hydrogens (primary N) is 1. The van der Waals surface area contributed by atoms with Crippen LogP contribution in [0, 0.1) is 0 Å². The summed E-state index contributed by atoms with van der Waals surface area (Å²) >= 11 is 5.81. The van der Waals surface area contributed by atoms with Crippen LogP contribution in [-0.2, 0) is 4.79 Å². The number of carbonyl (C=O) groups is 2. The minimum atomic E-state index is -1.15. The van der Waals surface area contributed by atoms with E-state index in [2.05, 4.69) is 5.32 Å². The van der Waals surface area contributed by atoms with Crippen LogP contribution < -0.4 is 11.1 Å². The van der Waals surface area contributed by atoms with E-state index < -0.39 is 5.97 Å². The van der Waals surface area contributed by atoms with Gasteiger partial charge in [0.15, 0.2) is 0 Å². The Morgan fingerprint density at radius 2 is 2.12 bits per heavy atom. The van der Waals surface area contributed by atoms with Gasteiger partial charge >= 0.3 is 5.97 Å². The molecule has 6 heteroatoms. The molecule has 86 valence electrons. The van der Waals surface area contributed by atoms with Gasteiger partial charge in [-0.2, -0.15) is 0 Å². The number of carboxylic acid groups (broad SMARTS) is 1. The lowest BCUT2D eigenvalue weighted by atomic mass is 10.1. The van der Waals surface area contributed by atoms with E-state index in [9.17, 15) is 9.59 Å². The quantitative estimate of drug-likeness (QED) is 0.743. The van der Waals surface area contributed by atoms with Crippen molar-refractivity contribution in [2.75, 3.05) is 11.9 Å². The highest BCUT2D eigenvalue weighted by molar-refractivity contribution is 6.34. The van der Waals surface area contributed by atoms with E-state index in [4.69, 9.17) is 22.4 Å². The number of carboxylic acids is 1. The van der Waals surface area contributed by atoms with Crippen molar-refractivity contribution in [1.29, 1.82) is 0 Å². The zero-order valence-corrected chi connectivity index (χ0v) is 9.12. The first-order valence-corrected chi connectivity index (χ1v) is 4.95. The molecule has 0 saturated heterocycles. The third kappa shape index (κ3) is 2.95. The number of aromatic carboxylic acids is 1. The number of benzene rings is 1. The largest absolute Gasteiger partial charge is 0.478 e. The number of amides is 1. The maximum atomic E-state index is 11.3. The minimum absolute atomic E-state index is 0.0436. The van der Waals surface area contributed by atoms with Gasteiger partial charge in [0.25, 0.3) is 0 Å². The molecule has 0 aromatic heterocycles. The minimum Gasteiger partial charge on any atom is -0.478 e. The second-order valence-corrected chi connectivity index (χ2v) is 3.46. The van der Waals surface area contributed by atoms with Gasteiger partial charge in [-0.15, -0.1) is 0 Å². The van der Waals surface area contributed by atoms with Crippen LogP contribution in [0.5, 0.6) is 0 Å². The van der Waals surface area contributed by atoms with Crippen molar-refractivity contribution >= 4 is 29.2 Å². The highest BCUT2D eigenvalue weighted by Gasteiger charge is 2.14. The van der Waals surface area contributed by atoms with E-state index in [1.165, 1.54) is 18.2 Å². The van der Waals surface area contributed by atoms with Gasteiger partial charge in [0.05, 0.1) is 16.3 Å². The topological polar surface area (TPSA) is 92.4 Å². The Morgan fingerprint density at radius 1 is 1.44 bits per heavy atom. The lowest BCUT2D eigenvalue weighted by Gasteiger charge is -2.09.